The second-order valence-electron chi connectivity index (χ2n) is 8.32. The first-order valence-electron chi connectivity index (χ1n) is 12.1. The van der Waals surface area contributed by atoms with Gasteiger partial charge in [0.25, 0.3) is 0 Å². The predicted octanol–water partition coefficient (Wildman–Crippen LogP) is 6.52. The SMILES string of the molecule is CCCC[N+](CCCC)(CCCC)CCCC.COC(=O)/C=C/c1ccc([B-](F)(F)F)o1. The van der Waals surface area contributed by atoms with Crippen molar-refractivity contribution in [1.82, 2.24) is 0 Å². The van der Waals surface area contributed by atoms with Gasteiger partial charge in [0.2, 0.25) is 0 Å². The lowest BCUT2D eigenvalue weighted by molar-refractivity contribution is -0.929. The molecule has 8 heteroatoms. The Labute approximate surface area is 192 Å². The molecule has 0 N–H and O–H groups in total. The molecule has 0 unspecified atom stereocenters. The molecule has 0 fully saturated rings. The van der Waals surface area contributed by atoms with Crippen LogP contribution < -0.4 is 5.66 Å². The van der Waals surface area contributed by atoms with E-state index in [1.807, 2.05) is 0 Å². The summed E-state index contributed by atoms with van der Waals surface area (Å²) in [4.78, 5) is 10.6. The highest BCUT2D eigenvalue weighted by atomic mass is 19.4. The van der Waals surface area contributed by atoms with E-state index in [-0.39, 0.29) is 5.76 Å². The Morgan fingerprint density at radius 1 is 0.906 bits per heavy atom. The molecular formula is C24H43BF3NO3. The van der Waals surface area contributed by atoms with Crippen LogP contribution in [0.25, 0.3) is 6.08 Å². The van der Waals surface area contributed by atoms with Crippen molar-refractivity contribution in [2.45, 2.75) is 79.1 Å². The molecule has 1 aromatic rings. The van der Waals surface area contributed by atoms with Gasteiger partial charge in [-0.3, -0.25) is 0 Å². The van der Waals surface area contributed by atoms with Crippen LogP contribution in [0.2, 0.25) is 0 Å². The van der Waals surface area contributed by atoms with E-state index in [0.717, 1.165) is 24.3 Å². The molecule has 0 aliphatic carbocycles. The van der Waals surface area contributed by atoms with E-state index in [2.05, 4.69) is 36.8 Å². The number of rotatable bonds is 15. The number of quaternary nitrogens is 1. The van der Waals surface area contributed by atoms with Crippen LogP contribution in [0.5, 0.6) is 0 Å². The van der Waals surface area contributed by atoms with Crippen molar-refractivity contribution in [2.24, 2.45) is 0 Å². The van der Waals surface area contributed by atoms with Crippen molar-refractivity contribution < 1.29 is 31.4 Å². The van der Waals surface area contributed by atoms with Crippen LogP contribution in [0.3, 0.4) is 0 Å². The van der Waals surface area contributed by atoms with Crippen LogP contribution in [0.1, 0.15) is 84.8 Å². The number of carbonyl (C=O) groups excluding carboxylic acids is 1. The van der Waals surface area contributed by atoms with Crippen LogP contribution >= 0.6 is 0 Å². The minimum absolute atomic E-state index is 0.0467. The number of halogens is 3. The quantitative estimate of drug-likeness (QED) is 0.129. The van der Waals surface area contributed by atoms with Crippen molar-refractivity contribution in [3.8, 4) is 0 Å². The fourth-order valence-electron chi connectivity index (χ4n) is 3.50. The summed E-state index contributed by atoms with van der Waals surface area (Å²) >= 11 is 0. The summed E-state index contributed by atoms with van der Waals surface area (Å²) in [6.45, 7) is 9.88. The average Bonchev–Trinajstić information content (AvgIpc) is 3.26. The molecule has 0 bridgehead atoms. The smallest absolute Gasteiger partial charge is 0.493 e. The zero-order chi connectivity index (χ0) is 24.5. The van der Waals surface area contributed by atoms with Crippen molar-refractivity contribution in [3.05, 3.63) is 24.0 Å². The predicted molar refractivity (Wildman–Crippen MR) is 128 cm³/mol. The summed E-state index contributed by atoms with van der Waals surface area (Å²) in [5.41, 5.74) is -1.04. The topological polar surface area (TPSA) is 39.4 Å². The molecule has 0 aliphatic rings. The summed E-state index contributed by atoms with van der Waals surface area (Å²) in [5, 5.41) is 0. The van der Waals surface area contributed by atoms with Crippen molar-refractivity contribution in [3.63, 3.8) is 0 Å². The summed E-state index contributed by atoms with van der Waals surface area (Å²) in [5.74, 6) is -0.708. The summed E-state index contributed by atoms with van der Waals surface area (Å²) < 4.78 is 46.5. The third-order valence-electron chi connectivity index (χ3n) is 5.50. The highest BCUT2D eigenvalue weighted by Crippen LogP contribution is 2.16. The Bertz CT molecular complexity index is 607. The number of nitrogens with zero attached hydrogens (tertiary/aromatic N) is 1. The van der Waals surface area contributed by atoms with E-state index >= 15 is 0 Å². The van der Waals surface area contributed by atoms with Crippen molar-refractivity contribution in [2.75, 3.05) is 33.3 Å². The highest BCUT2D eigenvalue weighted by molar-refractivity contribution is 6.72. The van der Waals surface area contributed by atoms with Gasteiger partial charge in [0.15, 0.2) is 0 Å². The molecule has 32 heavy (non-hydrogen) atoms. The monoisotopic (exact) mass is 461 g/mol. The van der Waals surface area contributed by atoms with Gasteiger partial charge >= 0.3 is 12.9 Å². The molecule has 0 saturated heterocycles. The van der Waals surface area contributed by atoms with Gasteiger partial charge in [-0.05, 0) is 37.8 Å². The largest absolute Gasteiger partial charge is 0.544 e. The summed E-state index contributed by atoms with van der Waals surface area (Å²) in [6, 6.07) is 1.95. The molecule has 0 radical (unpaired) electrons. The molecule has 1 heterocycles. The minimum atomic E-state index is -5.14. The standard InChI is InChI=1S/C16H36N.C8H7BF3O3/c1-5-9-13-17(14-10-6-2,15-11-7-3)16-12-8-4;1-14-8(13)5-3-6-2-4-7(15-6)9(10,11)12/h5-16H2,1-4H3;2-5H,1H3/q+1;-1/b;5-3+. The van der Waals surface area contributed by atoms with Crippen molar-refractivity contribution >= 4 is 24.7 Å². The molecular weight excluding hydrogens is 418 g/mol. The fourth-order valence-corrected chi connectivity index (χ4v) is 3.50. The van der Waals surface area contributed by atoms with Crippen molar-refractivity contribution in [1.29, 1.82) is 0 Å². The molecule has 0 aliphatic heterocycles. The molecule has 4 nitrogen and oxygen atoms in total. The molecule has 0 atom stereocenters. The van der Waals surface area contributed by atoms with Crippen LogP contribution in [0.4, 0.5) is 12.9 Å². The first kappa shape index (κ1) is 30.3. The Morgan fingerprint density at radius 2 is 1.34 bits per heavy atom. The molecule has 0 aromatic carbocycles. The van der Waals surface area contributed by atoms with E-state index in [9.17, 15) is 17.7 Å². The van der Waals surface area contributed by atoms with Gasteiger partial charge in [-0.2, -0.15) is 0 Å². The maximum atomic E-state index is 12.1. The molecule has 1 rings (SSSR count). The lowest BCUT2D eigenvalue weighted by Gasteiger charge is -2.39. The average molecular weight is 461 g/mol. The first-order chi connectivity index (χ1) is 15.2. The Balaban J connectivity index is 0.000000604. The van der Waals surface area contributed by atoms with Crippen LogP contribution in [-0.4, -0.2) is 50.7 Å². The Morgan fingerprint density at radius 3 is 1.66 bits per heavy atom. The van der Waals surface area contributed by atoms with Gasteiger partial charge in [0.05, 0.1) is 33.3 Å². The summed E-state index contributed by atoms with van der Waals surface area (Å²) in [7, 11) is 1.17. The second-order valence-corrected chi connectivity index (χ2v) is 8.32. The fraction of sp³-hybridized carbons (Fsp3) is 0.708. The number of carbonyl (C=O) groups is 1. The zero-order valence-corrected chi connectivity index (χ0v) is 20.7. The number of esters is 1. The molecule has 186 valence electrons. The maximum Gasteiger partial charge on any atom is 0.544 e. The van der Waals surface area contributed by atoms with E-state index in [1.165, 1.54) is 89.1 Å². The van der Waals surface area contributed by atoms with E-state index < -0.39 is 18.6 Å². The van der Waals surface area contributed by atoms with Gasteiger partial charge < -0.3 is 26.6 Å². The normalized spacial score (nSPS) is 12.0. The third-order valence-corrected chi connectivity index (χ3v) is 5.50. The molecule has 0 spiro atoms. The van der Waals surface area contributed by atoms with Crippen LogP contribution in [0.15, 0.2) is 22.6 Å². The van der Waals surface area contributed by atoms with Gasteiger partial charge in [-0.15, -0.1) is 0 Å². The molecule has 0 saturated carbocycles. The Hall–Kier alpha value is -1.70. The number of furan rings is 1. The van der Waals surface area contributed by atoms with Gasteiger partial charge in [-0.1, -0.05) is 59.4 Å². The third kappa shape index (κ3) is 13.0. The number of ether oxygens (including phenoxy) is 1. The number of hydrogen-bond donors (Lipinski definition) is 0. The summed E-state index contributed by atoms with van der Waals surface area (Å²) in [6.07, 6.45) is 13.1. The van der Waals surface area contributed by atoms with E-state index in [4.69, 9.17) is 0 Å². The van der Waals surface area contributed by atoms with Crippen LogP contribution in [-0.2, 0) is 9.53 Å². The second kappa shape index (κ2) is 16.9. The number of methoxy groups -OCH3 is 1. The number of unbranched alkanes of at least 4 members (excludes halogenated alkanes) is 4. The molecule has 0 amide bonds. The van der Waals surface area contributed by atoms with E-state index in [1.54, 1.807) is 0 Å². The lowest BCUT2D eigenvalue weighted by Crippen LogP contribution is -2.50. The zero-order valence-electron chi connectivity index (χ0n) is 20.7. The van der Waals surface area contributed by atoms with Gasteiger partial charge in [0, 0.05) is 11.7 Å². The minimum Gasteiger partial charge on any atom is -0.493 e. The molecule has 1 aromatic heterocycles. The van der Waals surface area contributed by atoms with E-state index in [0.29, 0.717) is 0 Å². The first-order valence-corrected chi connectivity index (χ1v) is 12.1. The Kier molecular flexibility index (Phi) is 16.0. The van der Waals surface area contributed by atoms with Gasteiger partial charge in [0.1, 0.15) is 5.76 Å². The lowest BCUT2D eigenvalue weighted by atomic mass is 9.88. The maximum absolute atomic E-state index is 12.1. The van der Waals surface area contributed by atoms with Crippen LogP contribution in [0, 0.1) is 0 Å². The van der Waals surface area contributed by atoms with Gasteiger partial charge in [-0.25, -0.2) is 4.79 Å². The highest BCUT2D eigenvalue weighted by Gasteiger charge is 2.29. The number of hydrogen-bond acceptors (Lipinski definition) is 3.